The molecule has 3 aromatic heterocycles. The number of rotatable bonds is 5. The third kappa shape index (κ3) is 4.24. The van der Waals surface area contributed by atoms with E-state index in [9.17, 15) is 4.79 Å². The minimum atomic E-state index is -0.180. The number of piperidine rings is 1. The first-order valence-electron chi connectivity index (χ1n) is 9.22. The number of hydrogen-bond donors (Lipinski definition) is 2. The number of hydrogen-bond acceptors (Lipinski definition) is 6. The van der Waals surface area contributed by atoms with Crippen LogP contribution in [0.5, 0.6) is 0 Å². The highest BCUT2D eigenvalue weighted by molar-refractivity contribution is 7.15. The Labute approximate surface area is 174 Å². The molecule has 0 aromatic carbocycles. The second kappa shape index (κ2) is 9.27. The molecular weight excluding hydrogens is 396 g/mol. The van der Waals surface area contributed by atoms with Gasteiger partial charge in [-0.1, -0.05) is 13.0 Å². The van der Waals surface area contributed by atoms with Crippen molar-refractivity contribution in [3.8, 4) is 5.82 Å². The molecule has 1 fully saturated rings. The summed E-state index contributed by atoms with van der Waals surface area (Å²) in [7, 11) is 0. The van der Waals surface area contributed by atoms with E-state index < -0.39 is 0 Å². The van der Waals surface area contributed by atoms with Crippen LogP contribution >= 0.6 is 23.7 Å². The van der Waals surface area contributed by atoms with Gasteiger partial charge in [-0.2, -0.15) is 5.10 Å². The van der Waals surface area contributed by atoms with Crippen LogP contribution in [0.2, 0.25) is 0 Å². The van der Waals surface area contributed by atoms with Crippen LogP contribution in [-0.4, -0.2) is 38.7 Å². The van der Waals surface area contributed by atoms with E-state index in [-0.39, 0.29) is 18.3 Å². The van der Waals surface area contributed by atoms with Gasteiger partial charge in [0.1, 0.15) is 0 Å². The normalized spacial score (nSPS) is 14.5. The third-order valence-corrected chi connectivity index (χ3v) is 5.88. The lowest BCUT2D eigenvalue weighted by Crippen LogP contribution is -2.26. The van der Waals surface area contributed by atoms with E-state index in [2.05, 4.69) is 25.7 Å². The molecule has 2 N–H and O–H groups in total. The van der Waals surface area contributed by atoms with Crippen molar-refractivity contribution >= 4 is 34.8 Å². The lowest BCUT2D eigenvalue weighted by molar-refractivity contribution is 0.102. The van der Waals surface area contributed by atoms with Crippen molar-refractivity contribution in [3.05, 3.63) is 52.9 Å². The van der Waals surface area contributed by atoms with Crippen molar-refractivity contribution in [1.82, 2.24) is 25.1 Å². The molecule has 0 spiro atoms. The number of nitrogens with one attached hydrogen (secondary N) is 2. The average Bonchev–Trinajstić information content (AvgIpc) is 3.36. The number of amides is 1. The molecule has 4 heterocycles. The lowest BCUT2D eigenvalue weighted by atomic mass is 9.97. The topological polar surface area (TPSA) is 84.7 Å². The fourth-order valence-corrected chi connectivity index (χ4v) is 4.36. The van der Waals surface area contributed by atoms with E-state index in [1.807, 2.05) is 31.3 Å². The van der Waals surface area contributed by atoms with Crippen LogP contribution in [0, 0.1) is 0 Å². The molecule has 0 saturated carbocycles. The lowest BCUT2D eigenvalue weighted by Gasteiger charge is -2.20. The SMILES string of the molecule is CCc1c(C(=O)Nc2ncc(C3CCNCC3)s2)cnn1-c1ccccn1.Cl. The van der Waals surface area contributed by atoms with Crippen molar-refractivity contribution in [1.29, 1.82) is 0 Å². The maximum Gasteiger partial charge on any atom is 0.260 e. The van der Waals surface area contributed by atoms with Gasteiger partial charge >= 0.3 is 0 Å². The summed E-state index contributed by atoms with van der Waals surface area (Å²) in [5.74, 6) is 1.06. The maximum atomic E-state index is 12.8. The molecule has 1 amide bonds. The molecule has 0 radical (unpaired) electrons. The Kier molecular flexibility index (Phi) is 6.77. The number of carbonyl (C=O) groups excluding carboxylic acids is 1. The summed E-state index contributed by atoms with van der Waals surface area (Å²) in [5, 5.41) is 11.3. The van der Waals surface area contributed by atoms with Gasteiger partial charge in [-0.05, 0) is 50.4 Å². The van der Waals surface area contributed by atoms with Gasteiger partial charge in [0, 0.05) is 17.3 Å². The van der Waals surface area contributed by atoms with E-state index in [0.29, 0.717) is 28.9 Å². The fraction of sp³-hybridized carbons (Fsp3) is 0.368. The molecule has 1 aliphatic heterocycles. The highest BCUT2D eigenvalue weighted by Gasteiger charge is 2.21. The molecule has 9 heteroatoms. The molecule has 0 bridgehead atoms. The number of halogens is 1. The fourth-order valence-electron chi connectivity index (χ4n) is 3.38. The van der Waals surface area contributed by atoms with Gasteiger partial charge in [0.2, 0.25) is 0 Å². The Morgan fingerprint density at radius 2 is 2.11 bits per heavy atom. The Balaban J connectivity index is 0.00000225. The monoisotopic (exact) mass is 418 g/mol. The number of pyridine rings is 1. The first-order chi connectivity index (χ1) is 13.3. The molecular formula is C19H23ClN6OS. The van der Waals surface area contributed by atoms with Crippen LogP contribution in [0.1, 0.15) is 46.6 Å². The summed E-state index contributed by atoms with van der Waals surface area (Å²) in [6.07, 6.45) is 8.13. The van der Waals surface area contributed by atoms with Gasteiger partial charge in [-0.3, -0.25) is 10.1 Å². The van der Waals surface area contributed by atoms with Gasteiger partial charge in [0.15, 0.2) is 10.9 Å². The van der Waals surface area contributed by atoms with E-state index in [0.717, 1.165) is 31.6 Å². The zero-order chi connectivity index (χ0) is 18.6. The smallest absolute Gasteiger partial charge is 0.260 e. The predicted octanol–water partition coefficient (Wildman–Crippen LogP) is 3.43. The van der Waals surface area contributed by atoms with Gasteiger partial charge < -0.3 is 5.32 Å². The number of nitrogens with zero attached hydrogens (tertiary/aromatic N) is 4. The molecule has 0 atom stereocenters. The Bertz CT molecular complexity index is 920. The molecule has 3 aromatic rings. The van der Waals surface area contributed by atoms with Gasteiger partial charge in [0.05, 0.1) is 17.5 Å². The van der Waals surface area contributed by atoms with Crippen LogP contribution in [0.4, 0.5) is 5.13 Å². The Morgan fingerprint density at radius 1 is 1.29 bits per heavy atom. The van der Waals surface area contributed by atoms with Crippen molar-refractivity contribution in [2.75, 3.05) is 18.4 Å². The molecule has 4 rings (SSSR count). The summed E-state index contributed by atoms with van der Waals surface area (Å²) >= 11 is 1.57. The second-order valence-electron chi connectivity index (χ2n) is 6.50. The molecule has 0 aliphatic carbocycles. The summed E-state index contributed by atoms with van der Waals surface area (Å²) < 4.78 is 1.72. The van der Waals surface area contributed by atoms with Crippen LogP contribution in [-0.2, 0) is 6.42 Å². The highest BCUT2D eigenvalue weighted by atomic mass is 35.5. The summed E-state index contributed by atoms with van der Waals surface area (Å²) in [4.78, 5) is 22.8. The van der Waals surface area contributed by atoms with Crippen LogP contribution in [0.15, 0.2) is 36.8 Å². The molecule has 0 unspecified atom stereocenters. The van der Waals surface area contributed by atoms with E-state index in [1.165, 1.54) is 4.88 Å². The minimum absolute atomic E-state index is 0. The van der Waals surface area contributed by atoms with Gasteiger partial charge in [-0.15, -0.1) is 23.7 Å². The van der Waals surface area contributed by atoms with Crippen molar-refractivity contribution < 1.29 is 4.79 Å². The average molecular weight is 419 g/mol. The third-order valence-electron chi connectivity index (χ3n) is 4.80. The van der Waals surface area contributed by atoms with Crippen LogP contribution < -0.4 is 10.6 Å². The second-order valence-corrected chi connectivity index (χ2v) is 7.57. The van der Waals surface area contributed by atoms with E-state index in [4.69, 9.17) is 0 Å². The summed E-state index contributed by atoms with van der Waals surface area (Å²) in [6.45, 7) is 4.08. The zero-order valence-electron chi connectivity index (χ0n) is 15.6. The number of aromatic nitrogens is 4. The quantitative estimate of drug-likeness (QED) is 0.663. The minimum Gasteiger partial charge on any atom is -0.317 e. The van der Waals surface area contributed by atoms with Crippen LogP contribution in [0.3, 0.4) is 0 Å². The highest BCUT2D eigenvalue weighted by Crippen LogP contribution is 2.32. The molecule has 148 valence electrons. The number of thiazole rings is 1. The summed E-state index contributed by atoms with van der Waals surface area (Å²) in [6, 6.07) is 5.63. The predicted molar refractivity (Wildman–Crippen MR) is 113 cm³/mol. The first-order valence-corrected chi connectivity index (χ1v) is 10.0. The van der Waals surface area contributed by atoms with Crippen molar-refractivity contribution in [2.24, 2.45) is 0 Å². The Hall–Kier alpha value is -2.29. The van der Waals surface area contributed by atoms with Gasteiger partial charge in [0.25, 0.3) is 5.91 Å². The first kappa shape index (κ1) is 20.4. The molecule has 1 aliphatic rings. The largest absolute Gasteiger partial charge is 0.317 e. The zero-order valence-corrected chi connectivity index (χ0v) is 17.2. The molecule has 7 nitrogen and oxygen atoms in total. The van der Waals surface area contributed by atoms with Crippen LogP contribution in [0.25, 0.3) is 5.82 Å². The number of anilines is 1. The Morgan fingerprint density at radius 3 is 2.82 bits per heavy atom. The number of carbonyl (C=O) groups is 1. The van der Waals surface area contributed by atoms with E-state index >= 15 is 0 Å². The standard InChI is InChI=1S/C19H22N6OS.ClH/c1-2-15-14(11-23-25(15)17-5-3-4-8-21-17)18(26)24-19-22-12-16(27-19)13-6-9-20-10-7-13;/h3-5,8,11-13,20H,2,6-7,9-10H2,1H3,(H,22,24,26);1H. The van der Waals surface area contributed by atoms with Crippen molar-refractivity contribution in [2.45, 2.75) is 32.1 Å². The molecule has 1 saturated heterocycles. The maximum absolute atomic E-state index is 12.8. The summed E-state index contributed by atoms with van der Waals surface area (Å²) in [5.41, 5.74) is 1.39. The van der Waals surface area contributed by atoms with E-state index in [1.54, 1.807) is 28.4 Å². The van der Waals surface area contributed by atoms with Crippen molar-refractivity contribution in [3.63, 3.8) is 0 Å². The molecule has 28 heavy (non-hydrogen) atoms. The van der Waals surface area contributed by atoms with Gasteiger partial charge in [-0.25, -0.2) is 14.6 Å².